The van der Waals surface area contributed by atoms with Gasteiger partial charge in [-0.2, -0.15) is 5.26 Å². The van der Waals surface area contributed by atoms with Crippen LogP contribution in [0.1, 0.15) is 28.8 Å². The van der Waals surface area contributed by atoms with Crippen molar-refractivity contribution in [3.63, 3.8) is 0 Å². The summed E-state index contributed by atoms with van der Waals surface area (Å²) in [6.07, 6.45) is 1.96. The van der Waals surface area contributed by atoms with Gasteiger partial charge in [-0.1, -0.05) is 0 Å². The predicted molar refractivity (Wildman–Crippen MR) is 84.5 cm³/mol. The molecule has 1 aromatic rings. The van der Waals surface area contributed by atoms with Crippen LogP contribution in [-0.2, 0) is 4.74 Å². The Morgan fingerprint density at radius 1 is 1.39 bits per heavy atom. The highest BCUT2D eigenvalue weighted by Gasteiger charge is 2.24. The van der Waals surface area contributed by atoms with Gasteiger partial charge in [0.2, 0.25) is 0 Å². The Morgan fingerprint density at radius 3 is 2.78 bits per heavy atom. The summed E-state index contributed by atoms with van der Waals surface area (Å²) >= 11 is 0. The summed E-state index contributed by atoms with van der Waals surface area (Å²) in [5.41, 5.74) is 0.358. The molecule has 6 heteroatoms. The van der Waals surface area contributed by atoms with E-state index in [2.05, 4.69) is 0 Å². The molecule has 5 nitrogen and oxygen atoms in total. The van der Waals surface area contributed by atoms with E-state index in [1.54, 1.807) is 4.90 Å². The van der Waals surface area contributed by atoms with Crippen LogP contribution < -0.4 is 0 Å². The van der Waals surface area contributed by atoms with Crippen LogP contribution in [0.2, 0.25) is 0 Å². The molecule has 1 saturated heterocycles. The molecule has 0 aromatic heterocycles. The molecule has 1 fully saturated rings. The van der Waals surface area contributed by atoms with Crippen molar-refractivity contribution in [1.29, 1.82) is 5.26 Å². The van der Waals surface area contributed by atoms with Gasteiger partial charge in [-0.15, -0.1) is 0 Å². The monoisotopic (exact) mass is 319 g/mol. The number of hydrogen-bond acceptors (Lipinski definition) is 4. The van der Waals surface area contributed by atoms with Gasteiger partial charge in [-0.3, -0.25) is 4.79 Å². The Balaban J connectivity index is 2.17. The van der Waals surface area contributed by atoms with Crippen molar-refractivity contribution in [2.45, 2.75) is 18.9 Å². The highest BCUT2D eigenvalue weighted by atomic mass is 19.1. The Labute approximate surface area is 136 Å². The summed E-state index contributed by atoms with van der Waals surface area (Å²) in [5.74, 6) is -0.838. The number of halogens is 1. The molecule has 0 saturated carbocycles. The van der Waals surface area contributed by atoms with Crippen molar-refractivity contribution in [3.05, 3.63) is 35.1 Å². The lowest BCUT2D eigenvalue weighted by molar-refractivity contribution is 0.0512. The Morgan fingerprint density at radius 2 is 2.17 bits per heavy atom. The Bertz CT molecular complexity index is 592. The second-order valence-electron chi connectivity index (χ2n) is 6.03. The third-order valence-corrected chi connectivity index (χ3v) is 3.83. The molecule has 23 heavy (non-hydrogen) atoms. The van der Waals surface area contributed by atoms with E-state index in [4.69, 9.17) is 10.00 Å². The molecule has 2 rings (SSSR count). The fourth-order valence-corrected chi connectivity index (χ4v) is 2.59. The molecule has 1 amide bonds. The lowest BCUT2D eigenvalue weighted by Crippen LogP contribution is -2.41. The van der Waals surface area contributed by atoms with Crippen molar-refractivity contribution in [2.75, 3.05) is 40.3 Å². The lowest BCUT2D eigenvalue weighted by atomic mass is 10.1. The second-order valence-corrected chi connectivity index (χ2v) is 6.03. The molecular weight excluding hydrogens is 297 g/mol. The zero-order chi connectivity index (χ0) is 16.8. The first-order chi connectivity index (χ1) is 11.0. The van der Waals surface area contributed by atoms with Crippen molar-refractivity contribution in [2.24, 2.45) is 0 Å². The van der Waals surface area contributed by atoms with Crippen molar-refractivity contribution in [1.82, 2.24) is 9.80 Å². The van der Waals surface area contributed by atoms with Crippen LogP contribution in [0.25, 0.3) is 0 Å². The zero-order valence-electron chi connectivity index (χ0n) is 13.6. The van der Waals surface area contributed by atoms with E-state index in [-0.39, 0.29) is 23.1 Å². The Hall–Kier alpha value is -1.97. The minimum Gasteiger partial charge on any atom is -0.376 e. The minimum absolute atomic E-state index is 0.0325. The maximum atomic E-state index is 13.6. The molecule has 0 aliphatic carbocycles. The van der Waals surface area contributed by atoms with Gasteiger partial charge < -0.3 is 14.5 Å². The van der Waals surface area contributed by atoms with Crippen molar-refractivity contribution < 1.29 is 13.9 Å². The molecule has 0 bridgehead atoms. The molecule has 0 unspecified atom stereocenters. The first kappa shape index (κ1) is 17.4. The van der Waals surface area contributed by atoms with Crippen LogP contribution >= 0.6 is 0 Å². The number of amides is 1. The van der Waals surface area contributed by atoms with Crippen LogP contribution in [-0.4, -0.2) is 62.1 Å². The van der Waals surface area contributed by atoms with Gasteiger partial charge in [0.15, 0.2) is 0 Å². The number of benzene rings is 1. The molecule has 0 N–H and O–H groups in total. The van der Waals surface area contributed by atoms with Crippen LogP contribution in [0.4, 0.5) is 4.39 Å². The molecule has 0 spiro atoms. The highest BCUT2D eigenvalue weighted by molar-refractivity contribution is 5.94. The number of carbonyl (C=O) groups is 1. The number of nitrogens with zero attached hydrogens (tertiary/aromatic N) is 3. The summed E-state index contributed by atoms with van der Waals surface area (Å²) in [5, 5.41) is 8.94. The van der Waals surface area contributed by atoms with Gasteiger partial charge in [0.25, 0.3) is 5.91 Å². The molecule has 1 heterocycles. The molecule has 1 aliphatic rings. The molecule has 1 atom stereocenters. The third-order valence-electron chi connectivity index (χ3n) is 3.83. The van der Waals surface area contributed by atoms with E-state index in [9.17, 15) is 9.18 Å². The number of nitriles is 1. The summed E-state index contributed by atoms with van der Waals surface area (Å²) < 4.78 is 19.2. The normalized spacial score (nSPS) is 17.3. The fraction of sp³-hybridized carbons (Fsp3) is 0.529. The number of carbonyl (C=O) groups excluding carboxylic acids is 1. The van der Waals surface area contributed by atoms with E-state index in [0.717, 1.165) is 25.5 Å². The quantitative estimate of drug-likeness (QED) is 0.803. The predicted octanol–water partition coefficient (Wildman–Crippen LogP) is 1.88. The number of ether oxygens (including phenoxy) is 1. The van der Waals surface area contributed by atoms with Gasteiger partial charge in [0, 0.05) is 31.8 Å². The van der Waals surface area contributed by atoms with Gasteiger partial charge in [0.1, 0.15) is 5.82 Å². The van der Waals surface area contributed by atoms with Crippen LogP contribution in [0.3, 0.4) is 0 Å². The largest absolute Gasteiger partial charge is 0.376 e. The van der Waals surface area contributed by atoms with Gasteiger partial charge >= 0.3 is 0 Å². The number of likely N-dealkylation sites (N-methyl/N-ethyl adjacent to an activating group) is 1. The van der Waals surface area contributed by atoms with E-state index in [0.29, 0.717) is 19.6 Å². The average Bonchev–Trinajstić information content (AvgIpc) is 3.02. The molecule has 1 aliphatic heterocycles. The molecule has 124 valence electrons. The topological polar surface area (TPSA) is 56.6 Å². The summed E-state index contributed by atoms with van der Waals surface area (Å²) in [4.78, 5) is 16.4. The minimum atomic E-state index is -0.572. The molecule has 1 aromatic carbocycles. The van der Waals surface area contributed by atoms with E-state index < -0.39 is 5.82 Å². The summed E-state index contributed by atoms with van der Waals surface area (Å²) in [6.45, 7) is 2.45. The van der Waals surface area contributed by atoms with Crippen LogP contribution in [0, 0.1) is 17.1 Å². The maximum Gasteiger partial charge on any atom is 0.254 e. The fourth-order valence-electron chi connectivity index (χ4n) is 2.59. The number of rotatable bonds is 6. The molecular formula is C17H22FN3O2. The number of hydrogen-bond donors (Lipinski definition) is 0. The van der Waals surface area contributed by atoms with Gasteiger partial charge in [0.05, 0.1) is 17.7 Å². The van der Waals surface area contributed by atoms with E-state index in [1.165, 1.54) is 12.1 Å². The summed E-state index contributed by atoms with van der Waals surface area (Å²) in [6, 6.07) is 5.62. The Kier molecular flexibility index (Phi) is 6.08. The van der Waals surface area contributed by atoms with E-state index >= 15 is 0 Å². The van der Waals surface area contributed by atoms with Gasteiger partial charge in [-0.25, -0.2) is 4.39 Å². The van der Waals surface area contributed by atoms with Gasteiger partial charge in [-0.05, 0) is 45.1 Å². The van der Waals surface area contributed by atoms with Crippen molar-refractivity contribution in [3.8, 4) is 6.07 Å². The first-order valence-corrected chi connectivity index (χ1v) is 7.76. The van der Waals surface area contributed by atoms with Crippen LogP contribution in [0.5, 0.6) is 0 Å². The smallest absolute Gasteiger partial charge is 0.254 e. The highest BCUT2D eigenvalue weighted by Crippen LogP contribution is 2.16. The third kappa shape index (κ3) is 5.02. The molecule has 0 radical (unpaired) electrons. The lowest BCUT2D eigenvalue weighted by Gasteiger charge is -2.27. The maximum absolute atomic E-state index is 13.6. The zero-order valence-corrected chi connectivity index (χ0v) is 13.6. The van der Waals surface area contributed by atoms with Crippen molar-refractivity contribution >= 4 is 5.91 Å². The first-order valence-electron chi connectivity index (χ1n) is 7.76. The SMILES string of the molecule is CN(C)CCN(C[C@@H]1CCCO1)C(=O)c1cc(F)cc(C#N)c1. The average molecular weight is 319 g/mol. The van der Waals surface area contributed by atoms with Crippen LogP contribution in [0.15, 0.2) is 18.2 Å². The van der Waals surface area contributed by atoms with E-state index in [1.807, 2.05) is 25.1 Å². The standard InChI is InChI=1S/C17H22FN3O2/c1-20(2)5-6-21(12-16-4-3-7-23-16)17(22)14-8-13(11-19)9-15(18)10-14/h8-10,16H,3-7,12H2,1-2H3/t16-/m0/s1. The second kappa shape index (κ2) is 8.04. The summed E-state index contributed by atoms with van der Waals surface area (Å²) in [7, 11) is 3.87.